The van der Waals surface area contributed by atoms with E-state index in [1.54, 1.807) is 72.8 Å². The van der Waals surface area contributed by atoms with Crippen molar-refractivity contribution in [2.75, 3.05) is 0 Å². The number of para-hydroxylation sites is 1. The quantitative estimate of drug-likeness (QED) is 0.366. The zero-order valence-corrected chi connectivity index (χ0v) is 18.7. The Hall–Kier alpha value is -2.98. The molecule has 0 spiro atoms. The largest absolute Gasteiger partial charge is 0.421 e. The van der Waals surface area contributed by atoms with Crippen LogP contribution >= 0.6 is 15.2 Å². The highest BCUT2D eigenvalue weighted by molar-refractivity contribution is 7.61. The third-order valence-electron chi connectivity index (χ3n) is 4.36. The molecule has 1 atom stereocenters. The molecular formula is C24H22O6P2. The van der Waals surface area contributed by atoms with Gasteiger partial charge in [-0.1, -0.05) is 84.9 Å². The molecule has 32 heavy (non-hydrogen) atoms. The van der Waals surface area contributed by atoms with Gasteiger partial charge in [-0.2, -0.15) is 0 Å². The molecule has 0 fully saturated rings. The number of benzene rings is 4. The molecule has 164 valence electrons. The monoisotopic (exact) mass is 468 g/mol. The third kappa shape index (κ3) is 6.51. The molecule has 0 aromatic heterocycles. The van der Waals surface area contributed by atoms with Gasteiger partial charge >= 0.3 is 15.2 Å². The molecule has 0 saturated carbocycles. The Morgan fingerprint density at radius 1 is 0.562 bits per heavy atom. The Morgan fingerprint density at radius 3 is 1.59 bits per heavy atom. The van der Waals surface area contributed by atoms with Gasteiger partial charge in [0.05, 0.1) is 10.6 Å². The smallest absolute Gasteiger partial charge is 0.408 e. The standard InChI is InChI=1S/2C12H11O3P/c13-16(14,12-9-5-2-6-10-12)15-11-7-3-1-4-8-11;13-16(14,15)12-9-5-4-8-11(12)10-6-2-1-3-7-10/h1-10H,(H,13,14);1-9H,(H2,13,14,15). The first-order chi connectivity index (χ1) is 15.3. The van der Waals surface area contributed by atoms with Gasteiger partial charge in [-0.25, -0.2) is 4.57 Å². The molecule has 0 saturated heterocycles. The average Bonchev–Trinajstić information content (AvgIpc) is 2.81. The van der Waals surface area contributed by atoms with Crippen LogP contribution in [0.3, 0.4) is 0 Å². The van der Waals surface area contributed by atoms with Crippen molar-refractivity contribution in [2.45, 2.75) is 0 Å². The van der Waals surface area contributed by atoms with Gasteiger partial charge in [0.25, 0.3) is 0 Å². The molecule has 8 heteroatoms. The van der Waals surface area contributed by atoms with Crippen LogP contribution in [0.25, 0.3) is 11.1 Å². The lowest BCUT2D eigenvalue weighted by Crippen LogP contribution is -2.08. The van der Waals surface area contributed by atoms with Crippen LogP contribution in [-0.2, 0) is 9.13 Å². The molecule has 3 N–H and O–H groups in total. The molecular weight excluding hydrogens is 446 g/mol. The molecule has 0 heterocycles. The summed E-state index contributed by atoms with van der Waals surface area (Å²) in [5.74, 6) is 0.386. The lowest BCUT2D eigenvalue weighted by atomic mass is 10.1. The lowest BCUT2D eigenvalue weighted by Gasteiger charge is -2.12. The molecule has 0 aliphatic rings. The van der Waals surface area contributed by atoms with Gasteiger partial charge in [-0.3, -0.25) is 4.57 Å². The van der Waals surface area contributed by atoms with Crippen molar-refractivity contribution in [3.63, 3.8) is 0 Å². The Morgan fingerprint density at radius 2 is 1.03 bits per heavy atom. The SMILES string of the molecule is O=P(O)(O)c1ccccc1-c1ccccc1.O=P(O)(Oc1ccccc1)c1ccccc1. The lowest BCUT2D eigenvalue weighted by molar-refractivity contribution is 0.387. The Balaban J connectivity index is 0.000000181. The van der Waals surface area contributed by atoms with Gasteiger partial charge in [-0.15, -0.1) is 0 Å². The average molecular weight is 468 g/mol. The minimum absolute atomic E-state index is 0.0706. The molecule has 0 aliphatic carbocycles. The van der Waals surface area contributed by atoms with Crippen LogP contribution in [0.1, 0.15) is 0 Å². The number of rotatable bonds is 5. The van der Waals surface area contributed by atoms with E-state index >= 15 is 0 Å². The van der Waals surface area contributed by atoms with Crippen molar-refractivity contribution in [1.82, 2.24) is 0 Å². The predicted octanol–water partition coefficient (Wildman–Crippen LogP) is 4.73. The van der Waals surface area contributed by atoms with Gasteiger partial charge in [-0.05, 0) is 41.5 Å². The fraction of sp³-hybridized carbons (Fsp3) is 0. The van der Waals surface area contributed by atoms with Crippen molar-refractivity contribution < 1.29 is 28.3 Å². The zero-order valence-electron chi connectivity index (χ0n) is 16.9. The first-order valence-corrected chi connectivity index (χ1v) is 12.8. The van der Waals surface area contributed by atoms with E-state index in [2.05, 4.69) is 0 Å². The zero-order chi connectivity index (χ0) is 23.0. The number of hydrogen-bond acceptors (Lipinski definition) is 3. The highest BCUT2D eigenvalue weighted by atomic mass is 31.2. The molecule has 0 radical (unpaired) electrons. The summed E-state index contributed by atoms with van der Waals surface area (Å²) >= 11 is 0. The maximum Gasteiger partial charge on any atom is 0.408 e. The summed E-state index contributed by atoms with van der Waals surface area (Å²) in [6.45, 7) is 0. The highest BCUT2D eigenvalue weighted by Crippen LogP contribution is 2.41. The summed E-state index contributed by atoms with van der Waals surface area (Å²) in [4.78, 5) is 28.3. The van der Waals surface area contributed by atoms with Gasteiger partial charge in [0.15, 0.2) is 0 Å². The van der Waals surface area contributed by atoms with E-state index in [1.165, 1.54) is 6.07 Å². The summed E-state index contributed by atoms with van der Waals surface area (Å²) in [5, 5.41) is 0.361. The van der Waals surface area contributed by atoms with E-state index in [-0.39, 0.29) is 5.30 Å². The second-order valence-corrected chi connectivity index (χ2v) is 10.00. The fourth-order valence-corrected chi connectivity index (χ4v) is 4.74. The summed E-state index contributed by atoms with van der Waals surface area (Å²) in [6, 6.07) is 32.7. The van der Waals surface area contributed by atoms with E-state index in [0.29, 0.717) is 16.6 Å². The van der Waals surface area contributed by atoms with Crippen molar-refractivity contribution in [3.8, 4) is 16.9 Å². The maximum atomic E-state index is 11.9. The molecule has 0 amide bonds. The maximum absolute atomic E-state index is 11.9. The van der Waals surface area contributed by atoms with Crippen LogP contribution in [0.5, 0.6) is 5.75 Å². The van der Waals surface area contributed by atoms with E-state index in [4.69, 9.17) is 4.52 Å². The molecule has 0 bridgehead atoms. The third-order valence-corrected chi connectivity index (χ3v) is 6.78. The van der Waals surface area contributed by atoms with Crippen molar-refractivity contribution in [3.05, 3.63) is 115 Å². The Kier molecular flexibility index (Phi) is 7.81. The van der Waals surface area contributed by atoms with Crippen LogP contribution in [-0.4, -0.2) is 14.7 Å². The van der Waals surface area contributed by atoms with Crippen molar-refractivity contribution >= 4 is 25.8 Å². The van der Waals surface area contributed by atoms with Gasteiger partial charge in [0, 0.05) is 0 Å². The second-order valence-electron chi connectivity index (χ2n) is 6.69. The normalized spacial score (nSPS) is 12.7. The molecule has 0 aliphatic heterocycles. The molecule has 4 aromatic carbocycles. The topological polar surface area (TPSA) is 104 Å². The summed E-state index contributed by atoms with van der Waals surface area (Å²) in [7, 11) is -7.99. The van der Waals surface area contributed by atoms with E-state index in [0.717, 1.165) is 5.56 Å². The van der Waals surface area contributed by atoms with E-state index < -0.39 is 15.2 Å². The van der Waals surface area contributed by atoms with E-state index in [9.17, 15) is 23.8 Å². The Labute approximate surface area is 186 Å². The molecule has 4 aromatic rings. The first kappa shape index (κ1) is 23.7. The van der Waals surface area contributed by atoms with Crippen LogP contribution in [0.15, 0.2) is 115 Å². The van der Waals surface area contributed by atoms with E-state index in [1.807, 2.05) is 36.4 Å². The van der Waals surface area contributed by atoms with Crippen molar-refractivity contribution in [1.29, 1.82) is 0 Å². The van der Waals surface area contributed by atoms with Crippen LogP contribution < -0.4 is 15.1 Å². The number of hydrogen-bond donors (Lipinski definition) is 3. The minimum Gasteiger partial charge on any atom is -0.421 e. The van der Waals surface area contributed by atoms with Gasteiger partial charge < -0.3 is 19.2 Å². The Bertz CT molecular complexity index is 1230. The van der Waals surface area contributed by atoms with Gasteiger partial charge in [0.1, 0.15) is 5.75 Å². The minimum atomic E-state index is -4.22. The fourth-order valence-electron chi connectivity index (χ4n) is 2.88. The first-order valence-electron chi connectivity index (χ1n) is 9.61. The van der Waals surface area contributed by atoms with Crippen LogP contribution in [0, 0.1) is 0 Å². The summed E-state index contributed by atoms with van der Waals surface area (Å²) < 4.78 is 28.3. The second kappa shape index (κ2) is 10.6. The summed E-state index contributed by atoms with van der Waals surface area (Å²) in [6.07, 6.45) is 0. The predicted molar refractivity (Wildman–Crippen MR) is 127 cm³/mol. The molecule has 6 nitrogen and oxygen atoms in total. The highest BCUT2D eigenvalue weighted by Gasteiger charge is 2.23. The molecule has 1 unspecified atom stereocenters. The van der Waals surface area contributed by atoms with Crippen molar-refractivity contribution in [2.24, 2.45) is 0 Å². The molecule has 4 rings (SSSR count). The van der Waals surface area contributed by atoms with Gasteiger partial charge in [0.2, 0.25) is 0 Å². The van der Waals surface area contributed by atoms with Crippen LogP contribution in [0.4, 0.5) is 0 Å². The summed E-state index contributed by atoms with van der Waals surface area (Å²) in [5.41, 5.74) is 1.39. The van der Waals surface area contributed by atoms with Crippen LogP contribution in [0.2, 0.25) is 0 Å².